The molecule has 7 heteroatoms. The molecule has 0 aromatic carbocycles. The van der Waals surface area contributed by atoms with Gasteiger partial charge >= 0.3 is 0 Å². The second kappa shape index (κ2) is 9.10. The highest BCUT2D eigenvalue weighted by molar-refractivity contribution is 5.78. The van der Waals surface area contributed by atoms with Crippen molar-refractivity contribution in [2.24, 2.45) is 11.8 Å². The van der Waals surface area contributed by atoms with Gasteiger partial charge in [0, 0.05) is 31.9 Å². The van der Waals surface area contributed by atoms with Crippen molar-refractivity contribution in [3.8, 4) is 6.07 Å². The van der Waals surface area contributed by atoms with E-state index in [1.54, 1.807) is 6.07 Å². The van der Waals surface area contributed by atoms with Gasteiger partial charge in [0.2, 0.25) is 5.91 Å². The third-order valence-electron chi connectivity index (χ3n) is 6.27. The number of carbonyl (C=O) groups is 1. The van der Waals surface area contributed by atoms with Gasteiger partial charge in [-0.3, -0.25) is 4.79 Å². The van der Waals surface area contributed by atoms with Crippen LogP contribution in [0.2, 0.25) is 0 Å². The summed E-state index contributed by atoms with van der Waals surface area (Å²) in [6.07, 6.45) is 5.09. The van der Waals surface area contributed by atoms with Gasteiger partial charge < -0.3 is 19.9 Å². The Balaban J connectivity index is 1.25. The minimum Gasteiger partial charge on any atom is -0.366 e. The average molecular weight is 398 g/mol. The van der Waals surface area contributed by atoms with E-state index in [2.05, 4.69) is 21.3 Å². The van der Waals surface area contributed by atoms with E-state index in [0.29, 0.717) is 30.4 Å². The van der Waals surface area contributed by atoms with Gasteiger partial charge in [0.25, 0.3) is 0 Å². The Kier molecular flexibility index (Phi) is 6.31. The lowest BCUT2D eigenvalue weighted by molar-refractivity contribution is -0.149. The van der Waals surface area contributed by atoms with E-state index in [1.165, 1.54) is 45.3 Å². The first-order valence-electron chi connectivity index (χ1n) is 10.8. The van der Waals surface area contributed by atoms with E-state index in [1.807, 2.05) is 17.9 Å². The summed E-state index contributed by atoms with van der Waals surface area (Å²) in [6, 6.07) is 5.77. The second-order valence-electron chi connectivity index (χ2n) is 8.76. The van der Waals surface area contributed by atoms with Crippen molar-refractivity contribution in [2.45, 2.75) is 38.7 Å². The lowest BCUT2D eigenvalue weighted by atomic mass is 9.95. The smallest absolute Gasteiger partial charge is 0.248 e. The van der Waals surface area contributed by atoms with Crippen molar-refractivity contribution in [1.29, 1.82) is 5.26 Å². The SMILES string of the molecule is Cc1ccc(C#N)c(NCC2CN(CC3CCN(CC4CC4)CC3)C(=O)CO2)n1. The summed E-state index contributed by atoms with van der Waals surface area (Å²) in [5.74, 6) is 2.21. The third-order valence-corrected chi connectivity index (χ3v) is 6.27. The van der Waals surface area contributed by atoms with Crippen molar-refractivity contribution in [3.63, 3.8) is 0 Å². The van der Waals surface area contributed by atoms with Crippen LogP contribution in [0.4, 0.5) is 5.82 Å². The number of nitrogens with zero attached hydrogens (tertiary/aromatic N) is 4. The van der Waals surface area contributed by atoms with Gasteiger partial charge in [-0.25, -0.2) is 4.98 Å². The molecule has 1 atom stereocenters. The second-order valence-corrected chi connectivity index (χ2v) is 8.76. The first kappa shape index (κ1) is 20.1. The molecule has 29 heavy (non-hydrogen) atoms. The summed E-state index contributed by atoms with van der Waals surface area (Å²) in [6.45, 7) is 7.62. The molecule has 3 aliphatic rings. The molecule has 0 bridgehead atoms. The monoisotopic (exact) mass is 397 g/mol. The largest absolute Gasteiger partial charge is 0.366 e. The van der Waals surface area contributed by atoms with Crippen molar-refractivity contribution in [1.82, 2.24) is 14.8 Å². The number of ether oxygens (including phenoxy) is 1. The number of carbonyl (C=O) groups excluding carboxylic acids is 1. The van der Waals surface area contributed by atoms with Gasteiger partial charge in [0.1, 0.15) is 18.5 Å². The van der Waals surface area contributed by atoms with Crippen LogP contribution in [0.1, 0.15) is 36.9 Å². The molecule has 1 N–H and O–H groups in total. The fraction of sp³-hybridized carbons (Fsp3) is 0.682. The molecule has 1 aromatic rings. The van der Waals surface area contributed by atoms with Crippen LogP contribution in [-0.2, 0) is 9.53 Å². The molecular formula is C22H31N5O2. The molecule has 2 saturated heterocycles. The Morgan fingerprint density at radius 3 is 2.69 bits per heavy atom. The number of pyridine rings is 1. The summed E-state index contributed by atoms with van der Waals surface area (Å²) in [7, 11) is 0. The number of hydrogen-bond acceptors (Lipinski definition) is 6. The highest BCUT2D eigenvalue weighted by Gasteiger charge is 2.31. The molecule has 1 unspecified atom stereocenters. The van der Waals surface area contributed by atoms with E-state index in [9.17, 15) is 10.1 Å². The topological polar surface area (TPSA) is 81.5 Å². The summed E-state index contributed by atoms with van der Waals surface area (Å²) >= 11 is 0. The summed E-state index contributed by atoms with van der Waals surface area (Å²) < 4.78 is 5.73. The molecule has 1 saturated carbocycles. The number of aryl methyl sites for hydroxylation is 1. The summed E-state index contributed by atoms with van der Waals surface area (Å²) in [5, 5.41) is 12.5. The lowest BCUT2D eigenvalue weighted by Crippen LogP contribution is -2.51. The maximum atomic E-state index is 12.4. The number of nitriles is 1. The van der Waals surface area contributed by atoms with Gasteiger partial charge in [0.15, 0.2) is 0 Å². The fourth-order valence-corrected chi connectivity index (χ4v) is 4.30. The van der Waals surface area contributed by atoms with E-state index in [0.717, 1.165) is 18.2 Å². The van der Waals surface area contributed by atoms with Crippen LogP contribution < -0.4 is 5.32 Å². The number of amides is 1. The maximum Gasteiger partial charge on any atom is 0.248 e. The van der Waals surface area contributed by atoms with Gasteiger partial charge in [-0.05, 0) is 69.7 Å². The van der Waals surface area contributed by atoms with Crippen molar-refractivity contribution < 1.29 is 9.53 Å². The van der Waals surface area contributed by atoms with Gasteiger partial charge in [-0.1, -0.05) is 0 Å². The Hall–Kier alpha value is -2.17. The van der Waals surface area contributed by atoms with Gasteiger partial charge in [0.05, 0.1) is 11.7 Å². The number of aromatic nitrogens is 1. The molecule has 2 aliphatic heterocycles. The number of nitrogens with one attached hydrogen (secondary N) is 1. The molecule has 0 spiro atoms. The first-order valence-corrected chi connectivity index (χ1v) is 10.8. The van der Waals surface area contributed by atoms with E-state index >= 15 is 0 Å². The number of likely N-dealkylation sites (tertiary alicyclic amines) is 1. The normalized spacial score (nSPS) is 23.8. The van der Waals surface area contributed by atoms with Crippen molar-refractivity contribution in [2.75, 3.05) is 51.2 Å². The zero-order chi connectivity index (χ0) is 20.2. The zero-order valence-corrected chi connectivity index (χ0v) is 17.3. The van der Waals surface area contributed by atoms with Crippen LogP contribution in [0.15, 0.2) is 12.1 Å². The molecule has 1 amide bonds. The minimum atomic E-state index is -0.0866. The summed E-state index contributed by atoms with van der Waals surface area (Å²) in [5.41, 5.74) is 1.39. The first-order chi connectivity index (χ1) is 14.1. The molecule has 7 nitrogen and oxygen atoms in total. The molecule has 156 valence electrons. The predicted molar refractivity (Wildman–Crippen MR) is 110 cm³/mol. The lowest BCUT2D eigenvalue weighted by Gasteiger charge is -2.38. The number of hydrogen-bond donors (Lipinski definition) is 1. The van der Waals surface area contributed by atoms with Gasteiger partial charge in [-0.15, -0.1) is 0 Å². The molecule has 1 aliphatic carbocycles. The highest BCUT2D eigenvalue weighted by Crippen LogP contribution is 2.31. The standard InChI is InChI=1S/C22H31N5O2/c1-16-2-5-19(10-23)22(25-16)24-11-20-14-27(21(28)15-29-20)13-18-6-8-26(9-7-18)12-17-3-4-17/h2,5,17-18,20H,3-4,6-9,11-15H2,1H3,(H,24,25). The summed E-state index contributed by atoms with van der Waals surface area (Å²) in [4.78, 5) is 21.4. The number of morpholine rings is 1. The Morgan fingerprint density at radius 1 is 1.21 bits per heavy atom. The molecule has 1 aromatic heterocycles. The van der Waals surface area contributed by atoms with E-state index in [-0.39, 0.29) is 18.6 Å². The van der Waals surface area contributed by atoms with Crippen LogP contribution in [0.25, 0.3) is 0 Å². The van der Waals surface area contributed by atoms with Gasteiger partial charge in [-0.2, -0.15) is 5.26 Å². The van der Waals surface area contributed by atoms with Crippen molar-refractivity contribution >= 4 is 11.7 Å². The molecule has 3 heterocycles. The molecule has 3 fully saturated rings. The van der Waals surface area contributed by atoms with Crippen LogP contribution >= 0.6 is 0 Å². The van der Waals surface area contributed by atoms with Crippen LogP contribution in [0.5, 0.6) is 0 Å². The molecule has 4 rings (SSSR count). The van der Waals surface area contributed by atoms with E-state index in [4.69, 9.17) is 4.74 Å². The Labute approximate surface area is 173 Å². The minimum absolute atomic E-state index is 0.0866. The van der Waals surface area contributed by atoms with Crippen molar-refractivity contribution in [3.05, 3.63) is 23.4 Å². The Morgan fingerprint density at radius 2 is 1.97 bits per heavy atom. The third kappa shape index (κ3) is 5.46. The highest BCUT2D eigenvalue weighted by atomic mass is 16.5. The number of rotatable bonds is 7. The maximum absolute atomic E-state index is 12.4. The number of anilines is 1. The van der Waals surface area contributed by atoms with Crippen LogP contribution in [0.3, 0.4) is 0 Å². The van der Waals surface area contributed by atoms with E-state index < -0.39 is 0 Å². The van der Waals surface area contributed by atoms with Crippen LogP contribution in [0, 0.1) is 30.1 Å². The number of piperidine rings is 1. The van der Waals surface area contributed by atoms with Crippen LogP contribution in [-0.4, -0.2) is 72.7 Å². The average Bonchev–Trinajstić information content (AvgIpc) is 3.54. The fourth-order valence-electron chi connectivity index (χ4n) is 4.30. The predicted octanol–water partition coefficient (Wildman–Crippen LogP) is 2.02. The molecule has 0 radical (unpaired) electrons. The Bertz CT molecular complexity index is 765. The zero-order valence-electron chi connectivity index (χ0n) is 17.3. The molecular weight excluding hydrogens is 366 g/mol. The quantitative estimate of drug-likeness (QED) is 0.758.